The molecule has 10 heteroatoms. The average molecular weight is 501 g/mol. The highest BCUT2D eigenvalue weighted by Crippen LogP contribution is 2.33. The van der Waals surface area contributed by atoms with Crippen LogP contribution in [-0.2, 0) is 0 Å². The number of carboxylic acid groups (broad SMARTS) is 1. The predicted octanol–water partition coefficient (Wildman–Crippen LogP) is 5.30. The molecular weight excluding hydrogens is 471 g/mol. The maximum atomic E-state index is 14.6. The molecule has 2 atom stereocenters. The Morgan fingerprint density at radius 2 is 1.91 bits per heavy atom. The van der Waals surface area contributed by atoms with E-state index in [4.69, 9.17) is 11.6 Å². The van der Waals surface area contributed by atoms with Crippen LogP contribution in [0.4, 0.5) is 15.0 Å². The summed E-state index contributed by atoms with van der Waals surface area (Å²) < 4.78 is 14.6. The number of piperazine rings is 1. The molecule has 1 saturated heterocycles. The highest BCUT2D eigenvalue weighted by molar-refractivity contribution is 6.33. The summed E-state index contributed by atoms with van der Waals surface area (Å²) >= 11 is 6.61. The molecule has 1 aromatic heterocycles. The third-order valence-corrected chi connectivity index (χ3v) is 6.08. The van der Waals surface area contributed by atoms with Gasteiger partial charge in [-0.15, -0.1) is 0 Å². The zero-order chi connectivity index (χ0) is 25.9. The third kappa shape index (κ3) is 6.01. The molecule has 186 valence electrons. The Labute approximate surface area is 210 Å². The van der Waals surface area contributed by atoms with Crippen molar-refractivity contribution in [3.63, 3.8) is 0 Å². The summed E-state index contributed by atoms with van der Waals surface area (Å²) in [5.41, 5.74) is 0.929. The minimum Gasteiger partial charge on any atom is -0.465 e. The number of pyridine rings is 1. The quantitative estimate of drug-likeness (QED) is 0.335. The van der Waals surface area contributed by atoms with E-state index in [0.717, 1.165) is 0 Å². The van der Waals surface area contributed by atoms with Crippen LogP contribution in [0.15, 0.2) is 35.3 Å². The smallest absolute Gasteiger partial charge is 0.407 e. The molecule has 3 rings (SSSR count). The van der Waals surface area contributed by atoms with Crippen LogP contribution in [0, 0.1) is 22.7 Å². The van der Waals surface area contributed by atoms with Gasteiger partial charge in [-0.3, -0.25) is 0 Å². The number of nitriles is 1. The van der Waals surface area contributed by atoms with Crippen LogP contribution in [0.3, 0.4) is 0 Å². The Morgan fingerprint density at radius 1 is 1.29 bits per heavy atom. The van der Waals surface area contributed by atoms with Crippen molar-refractivity contribution in [3.05, 3.63) is 46.7 Å². The largest absolute Gasteiger partial charge is 0.465 e. The van der Waals surface area contributed by atoms with E-state index in [-0.39, 0.29) is 40.3 Å². The molecule has 2 heterocycles. The first-order valence-corrected chi connectivity index (χ1v) is 11.7. The number of aromatic nitrogens is 1. The van der Waals surface area contributed by atoms with Gasteiger partial charge in [-0.2, -0.15) is 10.3 Å². The molecule has 2 N–H and O–H groups in total. The van der Waals surface area contributed by atoms with E-state index < -0.39 is 11.9 Å². The molecule has 8 nitrogen and oxygen atoms in total. The number of rotatable bonds is 4. The monoisotopic (exact) mass is 500 g/mol. The molecule has 1 aliphatic heterocycles. The van der Waals surface area contributed by atoms with Crippen LogP contribution < -0.4 is 5.32 Å². The van der Waals surface area contributed by atoms with Crippen molar-refractivity contribution in [2.75, 3.05) is 25.0 Å². The van der Waals surface area contributed by atoms with Gasteiger partial charge < -0.3 is 20.2 Å². The number of aliphatic imine (C=N–C) groups is 1. The Balaban J connectivity index is 2.13. The molecule has 0 aliphatic carbocycles. The van der Waals surface area contributed by atoms with Crippen LogP contribution in [0.5, 0.6) is 0 Å². The first-order chi connectivity index (χ1) is 16.4. The molecule has 0 bridgehead atoms. The molecule has 0 radical (unpaired) electrons. The van der Waals surface area contributed by atoms with Gasteiger partial charge in [-0.05, 0) is 37.5 Å². The number of hydrogen-bond acceptors (Lipinski definition) is 5. The number of hydrogen-bond donors (Lipinski definition) is 2. The summed E-state index contributed by atoms with van der Waals surface area (Å²) in [6.07, 6.45) is 0.874. The van der Waals surface area contributed by atoms with Gasteiger partial charge in [0.05, 0.1) is 16.3 Å². The van der Waals surface area contributed by atoms with E-state index in [0.29, 0.717) is 30.3 Å². The lowest BCUT2D eigenvalue weighted by Gasteiger charge is -2.44. The van der Waals surface area contributed by atoms with E-state index in [1.807, 2.05) is 24.9 Å². The maximum absolute atomic E-state index is 14.6. The SMILES string of the molecule is C[C@@H]1CN(/C(=N/C#N)c2cc(Cl)c(-c3ccccc3F)nc2NCC(C)(C)C)[C@@H](C)CN1C(=O)O. The topological polar surface area (TPSA) is 105 Å². The second-order valence-corrected chi connectivity index (χ2v) is 10.3. The summed E-state index contributed by atoms with van der Waals surface area (Å²) in [6, 6.07) is 7.32. The molecule has 0 spiro atoms. The molecule has 1 amide bonds. The van der Waals surface area contributed by atoms with E-state index >= 15 is 0 Å². The normalized spacial score (nSPS) is 18.9. The lowest BCUT2D eigenvalue weighted by Crippen LogP contribution is -2.59. The van der Waals surface area contributed by atoms with E-state index in [1.165, 1.54) is 11.0 Å². The molecule has 0 unspecified atom stereocenters. The molecule has 1 fully saturated rings. The minimum absolute atomic E-state index is 0.0990. The molecular formula is C25H30ClFN6O2. The molecule has 1 aromatic carbocycles. The molecule has 2 aromatic rings. The summed E-state index contributed by atoms with van der Waals surface area (Å²) in [7, 11) is 0. The Hall–Kier alpha value is -3.38. The maximum Gasteiger partial charge on any atom is 0.407 e. The number of anilines is 1. The van der Waals surface area contributed by atoms with Crippen molar-refractivity contribution >= 4 is 29.3 Å². The van der Waals surface area contributed by atoms with E-state index in [1.54, 1.807) is 24.3 Å². The van der Waals surface area contributed by atoms with Crippen molar-refractivity contribution in [1.82, 2.24) is 14.8 Å². The summed E-state index contributed by atoms with van der Waals surface area (Å²) in [6.45, 7) is 11.0. The van der Waals surface area contributed by atoms with Crippen molar-refractivity contribution in [1.29, 1.82) is 5.26 Å². The number of carbonyl (C=O) groups is 1. The van der Waals surface area contributed by atoms with E-state index in [9.17, 15) is 19.6 Å². The first-order valence-electron chi connectivity index (χ1n) is 11.4. The lowest BCUT2D eigenvalue weighted by atomic mass is 9.97. The van der Waals surface area contributed by atoms with Crippen molar-refractivity contribution < 1.29 is 14.3 Å². The van der Waals surface area contributed by atoms with Crippen LogP contribution in [0.2, 0.25) is 5.02 Å². The third-order valence-electron chi connectivity index (χ3n) is 5.79. The molecule has 1 aliphatic rings. The predicted molar refractivity (Wildman–Crippen MR) is 135 cm³/mol. The average Bonchev–Trinajstić information content (AvgIpc) is 2.78. The van der Waals surface area contributed by atoms with Gasteiger partial charge in [0.1, 0.15) is 11.6 Å². The van der Waals surface area contributed by atoms with Crippen LogP contribution in [0.25, 0.3) is 11.3 Å². The summed E-state index contributed by atoms with van der Waals surface area (Å²) in [5, 5.41) is 22.6. The van der Waals surface area contributed by atoms with Crippen molar-refractivity contribution in [3.8, 4) is 17.5 Å². The lowest BCUT2D eigenvalue weighted by molar-refractivity contribution is 0.0751. The molecule has 35 heavy (non-hydrogen) atoms. The van der Waals surface area contributed by atoms with E-state index in [2.05, 4.69) is 36.1 Å². The van der Waals surface area contributed by atoms with Gasteiger partial charge in [0.25, 0.3) is 0 Å². The Bertz CT molecular complexity index is 1170. The molecule has 0 saturated carbocycles. The fraction of sp³-hybridized carbons (Fsp3) is 0.440. The zero-order valence-corrected chi connectivity index (χ0v) is 21.3. The Morgan fingerprint density at radius 3 is 2.51 bits per heavy atom. The minimum atomic E-state index is -0.991. The van der Waals surface area contributed by atoms with Gasteiger partial charge in [-0.1, -0.05) is 44.5 Å². The summed E-state index contributed by atoms with van der Waals surface area (Å²) in [4.78, 5) is 23.7. The van der Waals surface area contributed by atoms with Crippen molar-refractivity contribution in [2.45, 2.75) is 46.7 Å². The van der Waals surface area contributed by atoms with Crippen molar-refractivity contribution in [2.24, 2.45) is 10.4 Å². The fourth-order valence-electron chi connectivity index (χ4n) is 4.00. The second-order valence-electron chi connectivity index (χ2n) is 9.93. The highest BCUT2D eigenvalue weighted by Gasteiger charge is 2.35. The number of halogens is 2. The van der Waals surface area contributed by atoms with Gasteiger partial charge in [0.2, 0.25) is 6.19 Å². The first kappa shape index (κ1) is 26.2. The van der Waals surface area contributed by atoms with Crippen LogP contribution in [-0.4, -0.2) is 63.5 Å². The number of nitrogens with zero attached hydrogens (tertiary/aromatic N) is 5. The highest BCUT2D eigenvalue weighted by atomic mass is 35.5. The van der Waals surface area contributed by atoms with Crippen LogP contribution >= 0.6 is 11.6 Å². The second kappa shape index (κ2) is 10.5. The standard InChI is InChI=1S/C25H30ClFN6O2/c1-15-12-33(24(34)35)16(2)11-32(15)23(30-14-28)18-10-19(26)21(17-8-6-7-9-20(17)27)31-22(18)29-13-25(3,4)5/h6-10,15-16H,11-13H2,1-5H3,(H,29,31)(H,34,35)/b30-23+/t15-,16+/m0/s1. The summed E-state index contributed by atoms with van der Waals surface area (Å²) in [5.74, 6) is 0.300. The Kier molecular flexibility index (Phi) is 7.86. The number of amidine groups is 1. The van der Waals surface area contributed by atoms with Crippen LogP contribution in [0.1, 0.15) is 40.2 Å². The zero-order valence-electron chi connectivity index (χ0n) is 20.5. The van der Waals surface area contributed by atoms with Gasteiger partial charge in [0, 0.05) is 37.3 Å². The van der Waals surface area contributed by atoms with Gasteiger partial charge in [-0.25, -0.2) is 14.2 Å². The number of benzene rings is 1. The number of amides is 1. The van der Waals surface area contributed by atoms with Gasteiger partial charge >= 0.3 is 6.09 Å². The number of nitrogens with one attached hydrogen (secondary N) is 1. The van der Waals surface area contributed by atoms with Gasteiger partial charge in [0.15, 0.2) is 5.84 Å². The fourth-order valence-corrected chi connectivity index (χ4v) is 4.25.